The van der Waals surface area contributed by atoms with E-state index in [1.165, 1.54) is 0 Å². The van der Waals surface area contributed by atoms with Gasteiger partial charge in [0, 0.05) is 24.0 Å². The van der Waals surface area contributed by atoms with Crippen molar-refractivity contribution in [3.05, 3.63) is 29.8 Å². The number of anilines is 1. The van der Waals surface area contributed by atoms with E-state index in [2.05, 4.69) is 9.88 Å². The number of aromatic amines is 1. The van der Waals surface area contributed by atoms with Gasteiger partial charge in [0.1, 0.15) is 5.82 Å². The standard InChI is InChI=1S/C13H14N2O2/c16-9-11-10-3-1-2-4-12(10)14-13(11)15-5-7-17-8-6-15/h1-4,9,14H,5-8H2. The van der Waals surface area contributed by atoms with E-state index in [0.29, 0.717) is 13.2 Å². The fraction of sp³-hybridized carbons (Fsp3) is 0.308. The Morgan fingerprint density at radius 3 is 2.76 bits per heavy atom. The fourth-order valence-electron chi connectivity index (χ4n) is 2.31. The van der Waals surface area contributed by atoms with Crippen LogP contribution in [0.1, 0.15) is 10.4 Å². The van der Waals surface area contributed by atoms with Gasteiger partial charge in [0.05, 0.1) is 18.8 Å². The number of morpholine rings is 1. The van der Waals surface area contributed by atoms with Gasteiger partial charge in [-0.2, -0.15) is 0 Å². The van der Waals surface area contributed by atoms with Gasteiger partial charge in [-0.1, -0.05) is 18.2 Å². The molecule has 88 valence electrons. The lowest BCUT2D eigenvalue weighted by molar-refractivity contribution is 0.112. The van der Waals surface area contributed by atoms with E-state index in [0.717, 1.165) is 41.7 Å². The molecule has 1 aromatic carbocycles. The Bertz CT molecular complexity index is 541. The minimum atomic E-state index is 0.716. The molecule has 2 heterocycles. The molecule has 0 bridgehead atoms. The van der Waals surface area contributed by atoms with Gasteiger partial charge in [0.2, 0.25) is 0 Å². The van der Waals surface area contributed by atoms with Crippen LogP contribution in [0.25, 0.3) is 10.9 Å². The third-order valence-corrected chi connectivity index (χ3v) is 3.17. The maximum Gasteiger partial charge on any atom is 0.154 e. The molecule has 0 atom stereocenters. The second-order valence-corrected chi connectivity index (χ2v) is 4.15. The molecule has 0 amide bonds. The van der Waals surface area contributed by atoms with Gasteiger partial charge >= 0.3 is 0 Å². The van der Waals surface area contributed by atoms with Gasteiger partial charge in [-0.25, -0.2) is 0 Å². The number of hydrogen-bond acceptors (Lipinski definition) is 3. The van der Waals surface area contributed by atoms with Crippen LogP contribution in [0.2, 0.25) is 0 Å². The van der Waals surface area contributed by atoms with E-state index in [1.807, 2.05) is 24.3 Å². The molecule has 1 N–H and O–H groups in total. The Morgan fingerprint density at radius 2 is 2.00 bits per heavy atom. The predicted molar refractivity (Wildman–Crippen MR) is 66.7 cm³/mol. The number of benzene rings is 1. The number of rotatable bonds is 2. The first-order valence-corrected chi connectivity index (χ1v) is 5.79. The van der Waals surface area contributed by atoms with Crippen molar-refractivity contribution in [1.29, 1.82) is 0 Å². The molecular weight excluding hydrogens is 216 g/mol. The molecule has 0 spiro atoms. The fourth-order valence-corrected chi connectivity index (χ4v) is 2.31. The van der Waals surface area contributed by atoms with Gasteiger partial charge in [0.15, 0.2) is 6.29 Å². The molecule has 3 rings (SSSR count). The van der Waals surface area contributed by atoms with Crippen molar-refractivity contribution in [2.24, 2.45) is 0 Å². The van der Waals surface area contributed by atoms with E-state index >= 15 is 0 Å². The molecule has 0 aliphatic carbocycles. The second-order valence-electron chi connectivity index (χ2n) is 4.15. The first-order chi connectivity index (χ1) is 8.40. The van der Waals surface area contributed by atoms with Crippen molar-refractivity contribution < 1.29 is 9.53 Å². The molecule has 0 saturated carbocycles. The summed E-state index contributed by atoms with van der Waals surface area (Å²) in [5.41, 5.74) is 1.76. The van der Waals surface area contributed by atoms with Gasteiger partial charge in [-0.3, -0.25) is 4.79 Å². The summed E-state index contributed by atoms with van der Waals surface area (Å²) < 4.78 is 5.32. The highest BCUT2D eigenvalue weighted by Crippen LogP contribution is 2.27. The molecule has 1 fully saturated rings. The molecule has 0 unspecified atom stereocenters. The molecule has 1 saturated heterocycles. The Morgan fingerprint density at radius 1 is 1.24 bits per heavy atom. The highest BCUT2D eigenvalue weighted by molar-refractivity contribution is 6.03. The summed E-state index contributed by atoms with van der Waals surface area (Å²) in [7, 11) is 0. The maximum absolute atomic E-state index is 11.3. The Balaban J connectivity index is 2.11. The zero-order valence-electron chi connectivity index (χ0n) is 9.48. The first-order valence-electron chi connectivity index (χ1n) is 5.79. The number of nitrogens with zero attached hydrogens (tertiary/aromatic N) is 1. The van der Waals surface area contributed by atoms with Crippen molar-refractivity contribution in [1.82, 2.24) is 4.98 Å². The largest absolute Gasteiger partial charge is 0.378 e. The lowest BCUT2D eigenvalue weighted by Crippen LogP contribution is -2.36. The van der Waals surface area contributed by atoms with E-state index in [1.54, 1.807) is 0 Å². The highest BCUT2D eigenvalue weighted by Gasteiger charge is 2.18. The molecule has 4 nitrogen and oxygen atoms in total. The Kier molecular flexibility index (Phi) is 2.57. The monoisotopic (exact) mass is 230 g/mol. The van der Waals surface area contributed by atoms with Crippen LogP contribution in [0, 0.1) is 0 Å². The number of H-pyrrole nitrogens is 1. The molecule has 17 heavy (non-hydrogen) atoms. The van der Waals surface area contributed by atoms with Crippen LogP contribution in [0.5, 0.6) is 0 Å². The lowest BCUT2D eigenvalue weighted by Gasteiger charge is -2.28. The highest BCUT2D eigenvalue weighted by atomic mass is 16.5. The molecule has 0 radical (unpaired) electrons. The normalized spacial score (nSPS) is 16.4. The number of ether oxygens (including phenoxy) is 1. The summed E-state index contributed by atoms with van der Waals surface area (Å²) in [6, 6.07) is 7.88. The summed E-state index contributed by atoms with van der Waals surface area (Å²) in [6.07, 6.45) is 0.934. The van der Waals surface area contributed by atoms with Crippen molar-refractivity contribution in [2.45, 2.75) is 0 Å². The number of hydrogen-bond donors (Lipinski definition) is 1. The van der Waals surface area contributed by atoms with Crippen molar-refractivity contribution >= 4 is 23.0 Å². The first kappa shape index (κ1) is 10.4. The number of carbonyl (C=O) groups excluding carboxylic acids is 1. The summed E-state index contributed by atoms with van der Waals surface area (Å²) in [6.45, 7) is 3.09. The van der Waals surface area contributed by atoms with Crippen LogP contribution >= 0.6 is 0 Å². The third kappa shape index (κ3) is 1.70. The zero-order valence-corrected chi connectivity index (χ0v) is 9.48. The molecular formula is C13H14N2O2. The molecule has 2 aromatic rings. The van der Waals surface area contributed by atoms with E-state index < -0.39 is 0 Å². The molecule has 4 heteroatoms. The van der Waals surface area contributed by atoms with E-state index in [9.17, 15) is 4.79 Å². The number of carbonyl (C=O) groups is 1. The number of para-hydroxylation sites is 1. The van der Waals surface area contributed by atoms with Crippen LogP contribution in [0.4, 0.5) is 5.82 Å². The molecule has 1 aromatic heterocycles. The van der Waals surface area contributed by atoms with Crippen LogP contribution in [0.15, 0.2) is 24.3 Å². The van der Waals surface area contributed by atoms with Crippen LogP contribution < -0.4 is 4.90 Å². The molecule has 1 aliphatic rings. The molecule has 1 aliphatic heterocycles. The minimum absolute atomic E-state index is 0.716. The SMILES string of the molecule is O=Cc1c(N2CCOCC2)[nH]c2ccccc12. The Labute approximate surface area is 99.2 Å². The van der Waals surface area contributed by atoms with Crippen molar-refractivity contribution in [2.75, 3.05) is 31.2 Å². The summed E-state index contributed by atoms with van der Waals surface area (Å²) in [4.78, 5) is 16.8. The van der Waals surface area contributed by atoms with Gasteiger partial charge in [-0.05, 0) is 6.07 Å². The van der Waals surface area contributed by atoms with Crippen molar-refractivity contribution in [3.63, 3.8) is 0 Å². The number of fused-ring (bicyclic) bond motifs is 1. The predicted octanol–water partition coefficient (Wildman–Crippen LogP) is 1.82. The number of aldehydes is 1. The quantitative estimate of drug-likeness (QED) is 0.800. The van der Waals surface area contributed by atoms with Crippen LogP contribution in [0.3, 0.4) is 0 Å². The third-order valence-electron chi connectivity index (χ3n) is 3.17. The van der Waals surface area contributed by atoms with Crippen LogP contribution in [-0.4, -0.2) is 37.6 Å². The van der Waals surface area contributed by atoms with Gasteiger partial charge < -0.3 is 14.6 Å². The average Bonchev–Trinajstić information content (AvgIpc) is 2.78. The topological polar surface area (TPSA) is 45.3 Å². The van der Waals surface area contributed by atoms with Gasteiger partial charge in [-0.15, -0.1) is 0 Å². The summed E-state index contributed by atoms with van der Waals surface area (Å²) in [5, 5.41) is 0.990. The maximum atomic E-state index is 11.3. The Hall–Kier alpha value is -1.81. The van der Waals surface area contributed by atoms with E-state index in [-0.39, 0.29) is 0 Å². The summed E-state index contributed by atoms with van der Waals surface area (Å²) in [5.74, 6) is 0.921. The average molecular weight is 230 g/mol. The number of nitrogens with one attached hydrogen (secondary N) is 1. The second kappa shape index (κ2) is 4.22. The lowest BCUT2D eigenvalue weighted by atomic mass is 10.2. The van der Waals surface area contributed by atoms with Gasteiger partial charge in [0.25, 0.3) is 0 Å². The zero-order chi connectivity index (χ0) is 11.7. The van der Waals surface area contributed by atoms with E-state index in [4.69, 9.17) is 4.74 Å². The number of aromatic nitrogens is 1. The minimum Gasteiger partial charge on any atom is -0.378 e. The summed E-state index contributed by atoms with van der Waals surface area (Å²) >= 11 is 0. The smallest absolute Gasteiger partial charge is 0.154 e. The van der Waals surface area contributed by atoms with Crippen molar-refractivity contribution in [3.8, 4) is 0 Å². The van der Waals surface area contributed by atoms with Crippen LogP contribution in [-0.2, 0) is 4.74 Å².